The lowest BCUT2D eigenvalue weighted by molar-refractivity contribution is -0.122. The summed E-state index contributed by atoms with van der Waals surface area (Å²) in [6, 6.07) is 0.454. The predicted octanol–water partition coefficient (Wildman–Crippen LogP) is 2.95. The minimum Gasteiger partial charge on any atom is -0.355 e. The fraction of sp³-hybridized carbons (Fsp3) is 0.938. The lowest BCUT2D eigenvalue weighted by Crippen LogP contribution is -2.48. The lowest BCUT2D eigenvalue weighted by atomic mass is 9.84. The molecule has 1 rings (SSSR count). The van der Waals surface area contributed by atoms with Gasteiger partial charge in [-0.1, -0.05) is 34.6 Å². The Morgan fingerprint density at radius 2 is 2.11 bits per heavy atom. The number of amides is 1. The first kappa shape index (κ1) is 16.5. The average molecular weight is 268 g/mol. The topological polar surface area (TPSA) is 41.1 Å². The second-order valence-electron chi connectivity index (χ2n) is 7.56. The Kier molecular flexibility index (Phi) is 6.31. The van der Waals surface area contributed by atoms with Crippen LogP contribution >= 0.6 is 0 Å². The molecule has 0 bridgehead atoms. The van der Waals surface area contributed by atoms with Crippen LogP contribution in [-0.4, -0.2) is 25.0 Å². The maximum Gasteiger partial charge on any atom is 0.220 e. The first-order chi connectivity index (χ1) is 8.78. The molecular formula is C16H32N2O. The van der Waals surface area contributed by atoms with E-state index < -0.39 is 0 Å². The van der Waals surface area contributed by atoms with E-state index in [0.29, 0.717) is 29.7 Å². The van der Waals surface area contributed by atoms with Crippen LogP contribution in [-0.2, 0) is 4.79 Å². The summed E-state index contributed by atoms with van der Waals surface area (Å²) >= 11 is 0. The smallest absolute Gasteiger partial charge is 0.220 e. The highest BCUT2D eigenvalue weighted by Crippen LogP contribution is 2.25. The quantitative estimate of drug-likeness (QED) is 0.805. The van der Waals surface area contributed by atoms with Gasteiger partial charge >= 0.3 is 0 Å². The van der Waals surface area contributed by atoms with Gasteiger partial charge in [0.1, 0.15) is 0 Å². The number of nitrogens with one attached hydrogen (secondary N) is 2. The molecular weight excluding hydrogens is 236 g/mol. The summed E-state index contributed by atoms with van der Waals surface area (Å²) in [6.07, 6.45) is 4.28. The van der Waals surface area contributed by atoms with Gasteiger partial charge in [-0.2, -0.15) is 0 Å². The van der Waals surface area contributed by atoms with Crippen LogP contribution in [0.2, 0.25) is 0 Å². The number of hydrogen-bond acceptors (Lipinski definition) is 2. The highest BCUT2D eigenvalue weighted by molar-refractivity contribution is 5.76. The highest BCUT2D eigenvalue weighted by Gasteiger charge is 2.22. The largest absolute Gasteiger partial charge is 0.355 e. The van der Waals surface area contributed by atoms with E-state index in [-0.39, 0.29) is 5.91 Å². The molecule has 0 aromatic heterocycles. The van der Waals surface area contributed by atoms with Gasteiger partial charge in [0.15, 0.2) is 0 Å². The minimum atomic E-state index is 0.205. The maximum absolute atomic E-state index is 11.9. The third-order valence-electron chi connectivity index (χ3n) is 3.94. The van der Waals surface area contributed by atoms with Crippen molar-refractivity contribution in [3.05, 3.63) is 0 Å². The van der Waals surface area contributed by atoms with E-state index in [4.69, 9.17) is 0 Å². The van der Waals surface area contributed by atoms with Gasteiger partial charge in [-0.3, -0.25) is 4.79 Å². The summed E-state index contributed by atoms with van der Waals surface area (Å²) in [6.45, 7) is 13.0. The van der Waals surface area contributed by atoms with Crippen LogP contribution in [0.4, 0.5) is 0 Å². The Morgan fingerprint density at radius 1 is 1.42 bits per heavy atom. The van der Waals surface area contributed by atoms with Gasteiger partial charge in [-0.05, 0) is 43.1 Å². The molecule has 2 N–H and O–H groups in total. The summed E-state index contributed by atoms with van der Waals surface area (Å²) in [5.41, 5.74) is 0.305. The van der Waals surface area contributed by atoms with Crippen molar-refractivity contribution in [2.45, 2.75) is 66.3 Å². The zero-order valence-electron chi connectivity index (χ0n) is 13.4. The zero-order chi connectivity index (χ0) is 14.5. The van der Waals surface area contributed by atoms with E-state index in [1.54, 1.807) is 0 Å². The molecule has 3 atom stereocenters. The van der Waals surface area contributed by atoms with Crippen molar-refractivity contribution in [3.8, 4) is 0 Å². The van der Waals surface area contributed by atoms with E-state index in [1.807, 2.05) is 0 Å². The van der Waals surface area contributed by atoms with Crippen molar-refractivity contribution in [3.63, 3.8) is 0 Å². The summed E-state index contributed by atoms with van der Waals surface area (Å²) < 4.78 is 0. The van der Waals surface area contributed by atoms with Crippen molar-refractivity contribution in [1.82, 2.24) is 10.6 Å². The van der Waals surface area contributed by atoms with Gasteiger partial charge in [0.25, 0.3) is 0 Å². The fourth-order valence-corrected chi connectivity index (χ4v) is 3.12. The molecule has 1 aliphatic rings. The molecule has 1 amide bonds. The average Bonchev–Trinajstić information content (AvgIpc) is 2.25. The molecule has 0 aromatic carbocycles. The molecule has 112 valence electrons. The van der Waals surface area contributed by atoms with Gasteiger partial charge in [-0.25, -0.2) is 0 Å². The van der Waals surface area contributed by atoms with Crippen LogP contribution in [0.5, 0.6) is 0 Å². The Bertz CT molecular complexity index is 283. The van der Waals surface area contributed by atoms with Crippen molar-refractivity contribution in [2.24, 2.45) is 17.3 Å². The van der Waals surface area contributed by atoms with Crippen LogP contribution in [0.3, 0.4) is 0 Å². The summed E-state index contributed by atoms with van der Waals surface area (Å²) in [5.74, 6) is 1.33. The van der Waals surface area contributed by atoms with Crippen LogP contribution in [0, 0.1) is 17.3 Å². The molecule has 19 heavy (non-hydrogen) atoms. The summed E-state index contributed by atoms with van der Waals surface area (Å²) in [5, 5.41) is 6.60. The van der Waals surface area contributed by atoms with E-state index in [1.165, 1.54) is 12.8 Å². The highest BCUT2D eigenvalue weighted by atomic mass is 16.1. The van der Waals surface area contributed by atoms with E-state index >= 15 is 0 Å². The van der Waals surface area contributed by atoms with E-state index in [0.717, 1.165) is 19.5 Å². The SMILES string of the molecule is CC(CC(=O)NCC1NCCCC1C)CC(C)(C)C. The van der Waals surface area contributed by atoms with Crippen LogP contribution < -0.4 is 10.6 Å². The Morgan fingerprint density at radius 3 is 2.68 bits per heavy atom. The Labute approximate surface area is 118 Å². The Hall–Kier alpha value is -0.570. The van der Waals surface area contributed by atoms with Crippen molar-refractivity contribution >= 4 is 5.91 Å². The van der Waals surface area contributed by atoms with Crippen molar-refractivity contribution in [2.75, 3.05) is 13.1 Å². The van der Waals surface area contributed by atoms with Crippen molar-refractivity contribution in [1.29, 1.82) is 0 Å². The fourth-order valence-electron chi connectivity index (χ4n) is 3.12. The standard InChI is InChI=1S/C16H32N2O/c1-12(10-16(3,4)5)9-15(19)18-11-14-13(2)7-6-8-17-14/h12-14,17H,6-11H2,1-5H3,(H,18,19). The van der Waals surface area contributed by atoms with Crippen LogP contribution in [0.1, 0.15) is 60.3 Å². The number of rotatable bonds is 5. The monoisotopic (exact) mass is 268 g/mol. The maximum atomic E-state index is 11.9. The molecule has 3 nitrogen and oxygen atoms in total. The number of carbonyl (C=O) groups is 1. The molecule has 0 saturated carbocycles. The van der Waals surface area contributed by atoms with E-state index in [9.17, 15) is 4.79 Å². The molecule has 0 aliphatic carbocycles. The minimum absolute atomic E-state index is 0.205. The third kappa shape index (κ3) is 6.95. The Balaban J connectivity index is 2.23. The van der Waals surface area contributed by atoms with Gasteiger partial charge in [-0.15, -0.1) is 0 Å². The molecule has 1 fully saturated rings. The molecule has 0 spiro atoms. The normalized spacial score (nSPS) is 25.9. The summed E-state index contributed by atoms with van der Waals surface area (Å²) in [7, 11) is 0. The van der Waals surface area contributed by atoms with E-state index in [2.05, 4.69) is 45.3 Å². The molecule has 0 aromatic rings. The number of piperidine rings is 1. The van der Waals surface area contributed by atoms with Gasteiger partial charge in [0.05, 0.1) is 0 Å². The predicted molar refractivity (Wildman–Crippen MR) is 81.1 cm³/mol. The molecule has 3 heteroatoms. The summed E-state index contributed by atoms with van der Waals surface area (Å²) in [4.78, 5) is 11.9. The van der Waals surface area contributed by atoms with Crippen LogP contribution in [0.25, 0.3) is 0 Å². The second kappa shape index (κ2) is 7.28. The lowest BCUT2D eigenvalue weighted by Gasteiger charge is -2.30. The first-order valence-corrected chi connectivity index (χ1v) is 7.78. The molecule has 1 aliphatic heterocycles. The van der Waals surface area contributed by atoms with Gasteiger partial charge in [0.2, 0.25) is 5.91 Å². The molecule has 1 saturated heterocycles. The van der Waals surface area contributed by atoms with Crippen molar-refractivity contribution < 1.29 is 4.79 Å². The molecule has 3 unspecified atom stereocenters. The third-order valence-corrected chi connectivity index (χ3v) is 3.94. The number of carbonyl (C=O) groups excluding carboxylic acids is 1. The zero-order valence-corrected chi connectivity index (χ0v) is 13.4. The van der Waals surface area contributed by atoms with Gasteiger partial charge in [0, 0.05) is 19.0 Å². The molecule has 0 radical (unpaired) electrons. The number of hydrogen-bond donors (Lipinski definition) is 2. The van der Waals surface area contributed by atoms with Gasteiger partial charge < -0.3 is 10.6 Å². The second-order valence-corrected chi connectivity index (χ2v) is 7.56. The van der Waals surface area contributed by atoms with Crippen LogP contribution in [0.15, 0.2) is 0 Å². The first-order valence-electron chi connectivity index (χ1n) is 7.78. The molecule has 1 heterocycles.